The maximum atomic E-state index is 13.4. The standard InChI is InChI=1S/C19H18FN3/c20-16-5-6-17-15(12-23-18(17)10-16)9-13-3-2-8-22-19(13)14-4-1-7-21-11-14/h1,4-7,9-12,17-18,23H,2-3,8H2/b13-9+. The number of halogens is 1. The second-order valence-electron chi connectivity index (χ2n) is 6.02. The van der Waals surface area contributed by atoms with Crippen molar-refractivity contribution >= 4 is 5.71 Å². The number of pyridine rings is 1. The van der Waals surface area contributed by atoms with E-state index in [1.165, 1.54) is 11.1 Å². The molecule has 0 saturated heterocycles. The third kappa shape index (κ3) is 2.77. The van der Waals surface area contributed by atoms with Gasteiger partial charge in [0, 0.05) is 36.6 Å². The van der Waals surface area contributed by atoms with Gasteiger partial charge in [-0.05, 0) is 48.3 Å². The molecule has 23 heavy (non-hydrogen) atoms. The van der Waals surface area contributed by atoms with E-state index in [4.69, 9.17) is 4.99 Å². The molecule has 0 fully saturated rings. The summed E-state index contributed by atoms with van der Waals surface area (Å²) in [5, 5.41) is 3.26. The number of nitrogens with zero attached hydrogens (tertiary/aromatic N) is 2. The van der Waals surface area contributed by atoms with Gasteiger partial charge in [-0.3, -0.25) is 9.98 Å². The number of nitrogens with one attached hydrogen (secondary N) is 1. The Hall–Kier alpha value is -2.49. The molecule has 3 aliphatic rings. The molecule has 3 nitrogen and oxygen atoms in total. The second kappa shape index (κ2) is 5.95. The quantitative estimate of drug-likeness (QED) is 0.908. The van der Waals surface area contributed by atoms with Crippen LogP contribution in [0.5, 0.6) is 0 Å². The topological polar surface area (TPSA) is 37.3 Å². The van der Waals surface area contributed by atoms with Crippen molar-refractivity contribution < 1.29 is 4.39 Å². The van der Waals surface area contributed by atoms with Crippen molar-refractivity contribution in [1.82, 2.24) is 10.3 Å². The summed E-state index contributed by atoms with van der Waals surface area (Å²) in [5.41, 5.74) is 4.52. The number of hydrogen-bond donors (Lipinski definition) is 1. The minimum absolute atomic E-state index is 0.0224. The summed E-state index contributed by atoms with van der Waals surface area (Å²) >= 11 is 0. The van der Waals surface area contributed by atoms with Crippen LogP contribution >= 0.6 is 0 Å². The summed E-state index contributed by atoms with van der Waals surface area (Å²) in [6.45, 7) is 0.860. The number of fused-ring (bicyclic) bond motifs is 1. The molecule has 2 aliphatic heterocycles. The van der Waals surface area contributed by atoms with E-state index >= 15 is 0 Å². The van der Waals surface area contributed by atoms with Crippen LogP contribution in [0.2, 0.25) is 0 Å². The van der Waals surface area contributed by atoms with Crippen LogP contribution in [0.15, 0.2) is 77.0 Å². The lowest BCUT2D eigenvalue weighted by Crippen LogP contribution is -2.25. The highest BCUT2D eigenvalue weighted by Crippen LogP contribution is 2.31. The van der Waals surface area contributed by atoms with Crippen LogP contribution in [0.4, 0.5) is 4.39 Å². The molecular formula is C19H18FN3. The average molecular weight is 307 g/mol. The predicted molar refractivity (Wildman–Crippen MR) is 89.8 cm³/mol. The minimum Gasteiger partial charge on any atom is -0.383 e. The molecule has 1 aromatic heterocycles. The molecule has 2 unspecified atom stereocenters. The molecule has 0 amide bonds. The lowest BCUT2D eigenvalue weighted by Gasteiger charge is -2.20. The maximum Gasteiger partial charge on any atom is 0.121 e. The van der Waals surface area contributed by atoms with Gasteiger partial charge in [0.2, 0.25) is 0 Å². The molecule has 4 heteroatoms. The first-order valence-electron chi connectivity index (χ1n) is 7.99. The Kier molecular flexibility index (Phi) is 3.66. The fraction of sp³-hybridized carbons (Fsp3) is 0.263. The number of hydrogen-bond acceptors (Lipinski definition) is 3. The van der Waals surface area contributed by atoms with Gasteiger partial charge in [-0.25, -0.2) is 4.39 Å². The highest BCUT2D eigenvalue weighted by molar-refractivity contribution is 6.13. The second-order valence-corrected chi connectivity index (χ2v) is 6.02. The fourth-order valence-electron chi connectivity index (χ4n) is 3.34. The van der Waals surface area contributed by atoms with Crippen LogP contribution in [0, 0.1) is 5.92 Å². The zero-order chi connectivity index (χ0) is 15.6. The summed E-state index contributed by atoms with van der Waals surface area (Å²) in [6, 6.07) is 4.01. The van der Waals surface area contributed by atoms with Gasteiger partial charge < -0.3 is 5.32 Å². The number of aromatic nitrogens is 1. The normalized spacial score (nSPS) is 27.9. The summed E-state index contributed by atoms with van der Waals surface area (Å²) in [6.07, 6.45) is 15.1. The molecule has 1 aliphatic carbocycles. The van der Waals surface area contributed by atoms with Crippen molar-refractivity contribution in [3.05, 3.63) is 77.6 Å². The van der Waals surface area contributed by atoms with Crippen molar-refractivity contribution in [2.24, 2.45) is 10.9 Å². The Bertz CT molecular complexity index is 756. The smallest absolute Gasteiger partial charge is 0.121 e. The van der Waals surface area contributed by atoms with Gasteiger partial charge in [0.15, 0.2) is 0 Å². The van der Waals surface area contributed by atoms with E-state index in [1.54, 1.807) is 18.3 Å². The van der Waals surface area contributed by atoms with Crippen molar-refractivity contribution in [3.63, 3.8) is 0 Å². The van der Waals surface area contributed by atoms with Crippen molar-refractivity contribution in [2.45, 2.75) is 18.9 Å². The first kappa shape index (κ1) is 14.1. The first-order valence-corrected chi connectivity index (χ1v) is 7.99. The summed E-state index contributed by atoms with van der Waals surface area (Å²) in [7, 11) is 0. The van der Waals surface area contributed by atoms with E-state index in [0.29, 0.717) is 0 Å². The average Bonchev–Trinajstić information content (AvgIpc) is 2.98. The van der Waals surface area contributed by atoms with Crippen LogP contribution in [-0.4, -0.2) is 23.3 Å². The molecule has 0 radical (unpaired) electrons. The molecule has 3 heterocycles. The third-order valence-electron chi connectivity index (χ3n) is 4.47. The molecule has 0 saturated carbocycles. The highest BCUT2D eigenvalue weighted by atomic mass is 19.1. The molecule has 4 rings (SSSR count). The monoisotopic (exact) mass is 307 g/mol. The van der Waals surface area contributed by atoms with Gasteiger partial charge in [0.25, 0.3) is 0 Å². The van der Waals surface area contributed by atoms with Gasteiger partial charge in [-0.1, -0.05) is 12.2 Å². The Balaban J connectivity index is 1.64. The van der Waals surface area contributed by atoms with E-state index in [9.17, 15) is 4.39 Å². The molecule has 2 atom stereocenters. The minimum atomic E-state index is -0.170. The van der Waals surface area contributed by atoms with E-state index in [1.807, 2.05) is 30.6 Å². The maximum absolute atomic E-state index is 13.4. The van der Waals surface area contributed by atoms with Crippen LogP contribution < -0.4 is 5.32 Å². The van der Waals surface area contributed by atoms with Crippen molar-refractivity contribution in [3.8, 4) is 0 Å². The lowest BCUT2D eigenvalue weighted by molar-refractivity contribution is 0.582. The number of rotatable bonds is 2. The molecule has 1 N–H and O–H groups in total. The van der Waals surface area contributed by atoms with E-state index in [2.05, 4.69) is 16.4 Å². The Labute approximate surface area is 135 Å². The van der Waals surface area contributed by atoms with Gasteiger partial charge >= 0.3 is 0 Å². The van der Waals surface area contributed by atoms with Crippen molar-refractivity contribution in [1.29, 1.82) is 0 Å². The molecule has 116 valence electrons. The zero-order valence-corrected chi connectivity index (χ0v) is 12.7. The van der Waals surface area contributed by atoms with Crippen molar-refractivity contribution in [2.75, 3.05) is 6.54 Å². The van der Waals surface area contributed by atoms with Gasteiger partial charge in [0.1, 0.15) is 5.83 Å². The Morgan fingerprint density at radius 1 is 1.35 bits per heavy atom. The Morgan fingerprint density at radius 3 is 3.17 bits per heavy atom. The predicted octanol–water partition coefficient (Wildman–Crippen LogP) is 3.49. The van der Waals surface area contributed by atoms with Crippen LogP contribution in [0.3, 0.4) is 0 Å². The summed E-state index contributed by atoms with van der Waals surface area (Å²) in [5.74, 6) is 0.0235. The van der Waals surface area contributed by atoms with Crippen LogP contribution in [-0.2, 0) is 0 Å². The van der Waals surface area contributed by atoms with Gasteiger partial charge in [-0.15, -0.1) is 0 Å². The van der Waals surface area contributed by atoms with E-state index in [0.717, 1.165) is 30.7 Å². The molecule has 0 aromatic carbocycles. The SMILES string of the molecule is FC1=CC2NC=C(/C=C3\CCCN=C3c3cccnc3)C2C=C1. The molecule has 1 aromatic rings. The van der Waals surface area contributed by atoms with E-state index in [-0.39, 0.29) is 17.8 Å². The zero-order valence-electron chi connectivity index (χ0n) is 12.7. The number of allylic oxidation sites excluding steroid dienone is 4. The molecule has 0 spiro atoms. The van der Waals surface area contributed by atoms with Gasteiger partial charge in [-0.2, -0.15) is 0 Å². The number of aliphatic imine (C=N–C) groups is 1. The Morgan fingerprint density at radius 2 is 2.30 bits per heavy atom. The van der Waals surface area contributed by atoms with Crippen LogP contribution in [0.25, 0.3) is 0 Å². The van der Waals surface area contributed by atoms with Crippen LogP contribution in [0.1, 0.15) is 18.4 Å². The molecular weight excluding hydrogens is 289 g/mol. The first-order chi connectivity index (χ1) is 11.3. The highest BCUT2D eigenvalue weighted by Gasteiger charge is 2.28. The lowest BCUT2D eigenvalue weighted by atomic mass is 9.87. The fourth-order valence-corrected chi connectivity index (χ4v) is 3.34. The summed E-state index contributed by atoms with van der Waals surface area (Å²) in [4.78, 5) is 8.91. The van der Waals surface area contributed by atoms with E-state index < -0.39 is 0 Å². The van der Waals surface area contributed by atoms with Gasteiger partial charge in [0.05, 0.1) is 11.8 Å². The third-order valence-corrected chi connectivity index (χ3v) is 4.47. The summed E-state index contributed by atoms with van der Waals surface area (Å²) < 4.78 is 13.4. The molecule has 0 bridgehead atoms. The largest absolute Gasteiger partial charge is 0.383 e.